The maximum Gasteiger partial charge on any atom is 0.122 e. The predicted octanol–water partition coefficient (Wildman–Crippen LogP) is 4.06. The van der Waals surface area contributed by atoms with Crippen LogP contribution < -0.4 is 15.6 Å². The summed E-state index contributed by atoms with van der Waals surface area (Å²) in [5.41, 5.74) is 0. The lowest BCUT2D eigenvalue weighted by atomic mass is 10.1. The van der Waals surface area contributed by atoms with Crippen LogP contribution in [0.4, 0.5) is 0 Å². The van der Waals surface area contributed by atoms with Gasteiger partial charge in [-0.15, -0.1) is 0 Å². The summed E-state index contributed by atoms with van der Waals surface area (Å²) < 4.78 is 11.2. The van der Waals surface area contributed by atoms with Gasteiger partial charge in [0.2, 0.25) is 0 Å². The maximum atomic E-state index is 5.76. The van der Waals surface area contributed by atoms with Gasteiger partial charge in [0.25, 0.3) is 0 Å². The first kappa shape index (κ1) is 15.8. The predicted molar refractivity (Wildman–Crippen MR) is 72.2 cm³/mol. The van der Waals surface area contributed by atoms with Crippen LogP contribution in [0.1, 0.15) is 33.6 Å². The fourth-order valence-electron chi connectivity index (χ4n) is 1.56. The van der Waals surface area contributed by atoms with Crippen molar-refractivity contribution in [1.29, 1.82) is 0 Å². The van der Waals surface area contributed by atoms with Crippen molar-refractivity contribution >= 4 is 0 Å². The fraction of sp³-hybridized carbons (Fsp3) is 0.571. The van der Waals surface area contributed by atoms with Crippen molar-refractivity contribution < 1.29 is 9.47 Å². The van der Waals surface area contributed by atoms with Crippen LogP contribution in [0.5, 0.6) is 11.5 Å². The highest BCUT2D eigenvalue weighted by molar-refractivity contribution is 5.32. The second-order valence-corrected chi connectivity index (χ2v) is 3.90. The van der Waals surface area contributed by atoms with E-state index in [1.807, 2.05) is 31.2 Å². The van der Waals surface area contributed by atoms with Gasteiger partial charge >= 0.3 is 0 Å². The molecule has 0 saturated carbocycles. The van der Waals surface area contributed by atoms with Gasteiger partial charge in [0, 0.05) is 6.07 Å². The smallest absolute Gasteiger partial charge is 0.122 e. The van der Waals surface area contributed by atoms with Crippen LogP contribution in [0.2, 0.25) is 0 Å². The van der Waals surface area contributed by atoms with Crippen LogP contribution in [0.15, 0.2) is 24.3 Å². The molecule has 0 aliphatic heterocycles. The van der Waals surface area contributed by atoms with Crippen molar-refractivity contribution in [3.05, 3.63) is 24.3 Å². The molecule has 0 aromatic heterocycles. The Morgan fingerprint density at radius 3 is 2.12 bits per heavy atom. The third-order valence-electron chi connectivity index (χ3n) is 2.76. The van der Waals surface area contributed by atoms with Gasteiger partial charge in [-0.25, -0.2) is 0 Å². The maximum absolute atomic E-state index is 5.76. The summed E-state index contributed by atoms with van der Waals surface area (Å²) in [6, 6.07) is 7.84. The van der Waals surface area contributed by atoms with Gasteiger partial charge in [-0.3, -0.25) is 0 Å². The minimum atomic E-state index is 0. The zero-order chi connectivity index (χ0) is 11.8. The summed E-state index contributed by atoms with van der Waals surface area (Å²) in [7, 11) is 0. The second kappa shape index (κ2) is 8.88. The van der Waals surface area contributed by atoms with Crippen molar-refractivity contribution in [1.82, 2.24) is 6.15 Å². The van der Waals surface area contributed by atoms with Gasteiger partial charge in [0.15, 0.2) is 0 Å². The summed E-state index contributed by atoms with van der Waals surface area (Å²) >= 11 is 0. The normalized spacial score (nSPS) is 9.88. The molecule has 1 aromatic rings. The Balaban J connectivity index is 0.00000256. The molecule has 17 heavy (non-hydrogen) atoms. The zero-order valence-corrected chi connectivity index (χ0v) is 11.2. The van der Waals surface area contributed by atoms with E-state index in [4.69, 9.17) is 9.47 Å². The highest BCUT2D eigenvalue weighted by Gasteiger charge is 2.04. The van der Waals surface area contributed by atoms with Gasteiger partial charge in [-0.1, -0.05) is 32.8 Å². The van der Waals surface area contributed by atoms with Gasteiger partial charge < -0.3 is 15.6 Å². The van der Waals surface area contributed by atoms with E-state index in [9.17, 15) is 0 Å². The first-order valence-corrected chi connectivity index (χ1v) is 6.15. The van der Waals surface area contributed by atoms with E-state index in [1.54, 1.807) is 0 Å². The zero-order valence-electron chi connectivity index (χ0n) is 11.2. The summed E-state index contributed by atoms with van der Waals surface area (Å²) in [5, 5.41) is 0. The fourth-order valence-corrected chi connectivity index (χ4v) is 1.56. The summed E-state index contributed by atoms with van der Waals surface area (Å²) in [5.74, 6) is 2.43. The van der Waals surface area contributed by atoms with E-state index in [0.717, 1.165) is 18.1 Å². The molecule has 3 nitrogen and oxygen atoms in total. The molecule has 0 amide bonds. The number of ether oxygens (including phenoxy) is 2. The Bertz CT molecular complexity index is 298. The van der Waals surface area contributed by atoms with E-state index in [2.05, 4.69) is 13.8 Å². The first-order chi connectivity index (χ1) is 7.80. The first-order valence-electron chi connectivity index (χ1n) is 6.15. The molecule has 0 aliphatic carbocycles. The third-order valence-corrected chi connectivity index (χ3v) is 2.76. The quantitative estimate of drug-likeness (QED) is 0.780. The van der Waals surface area contributed by atoms with E-state index < -0.39 is 0 Å². The van der Waals surface area contributed by atoms with E-state index in [-0.39, 0.29) is 6.15 Å². The van der Waals surface area contributed by atoms with Crippen molar-refractivity contribution in [2.75, 3.05) is 13.2 Å². The monoisotopic (exact) mass is 239 g/mol. The molecular weight excluding hydrogens is 214 g/mol. The Kier molecular flexibility index (Phi) is 8.24. The minimum Gasteiger partial charge on any atom is -0.494 e. The topological polar surface area (TPSA) is 53.5 Å². The van der Waals surface area contributed by atoms with Gasteiger partial charge in [0.1, 0.15) is 11.5 Å². The van der Waals surface area contributed by atoms with Crippen LogP contribution in [-0.4, -0.2) is 13.2 Å². The summed E-state index contributed by atoms with van der Waals surface area (Å²) in [6.45, 7) is 7.87. The van der Waals surface area contributed by atoms with Crippen LogP contribution in [0.25, 0.3) is 0 Å². The van der Waals surface area contributed by atoms with E-state index in [0.29, 0.717) is 12.5 Å². The van der Waals surface area contributed by atoms with Gasteiger partial charge in [0.05, 0.1) is 13.2 Å². The Labute approximate surface area is 105 Å². The highest BCUT2D eigenvalue weighted by Crippen LogP contribution is 2.20. The third kappa shape index (κ3) is 5.59. The number of benzene rings is 1. The molecular formula is C14H25NO2. The SMILES string of the molecule is CCOc1cccc(OCC(CC)CC)c1.N. The summed E-state index contributed by atoms with van der Waals surface area (Å²) in [4.78, 5) is 0. The van der Waals surface area contributed by atoms with Gasteiger partial charge in [-0.05, 0) is 25.0 Å². The van der Waals surface area contributed by atoms with E-state index >= 15 is 0 Å². The van der Waals surface area contributed by atoms with Crippen molar-refractivity contribution in [2.45, 2.75) is 33.6 Å². The molecule has 0 radical (unpaired) electrons. The molecule has 1 rings (SSSR count). The average molecular weight is 239 g/mol. The molecule has 0 unspecified atom stereocenters. The number of hydrogen-bond acceptors (Lipinski definition) is 3. The Morgan fingerprint density at radius 2 is 1.59 bits per heavy atom. The Hall–Kier alpha value is -1.22. The molecule has 0 spiro atoms. The van der Waals surface area contributed by atoms with Crippen molar-refractivity contribution in [3.63, 3.8) is 0 Å². The van der Waals surface area contributed by atoms with Crippen LogP contribution in [-0.2, 0) is 0 Å². The average Bonchev–Trinajstić information content (AvgIpc) is 2.31. The molecule has 0 heterocycles. The molecule has 98 valence electrons. The molecule has 1 aromatic carbocycles. The second-order valence-electron chi connectivity index (χ2n) is 3.90. The molecule has 3 heteroatoms. The van der Waals surface area contributed by atoms with Crippen molar-refractivity contribution in [2.24, 2.45) is 5.92 Å². The number of rotatable bonds is 7. The van der Waals surface area contributed by atoms with Crippen molar-refractivity contribution in [3.8, 4) is 11.5 Å². The molecule has 0 fully saturated rings. The standard InChI is InChI=1S/C14H22O2.H3N/c1-4-12(5-2)11-16-14-9-7-8-13(10-14)15-6-3;/h7-10,12H,4-6,11H2,1-3H3;1H3. The lowest BCUT2D eigenvalue weighted by Gasteiger charge is -2.14. The largest absolute Gasteiger partial charge is 0.494 e. The van der Waals surface area contributed by atoms with Gasteiger partial charge in [-0.2, -0.15) is 0 Å². The van der Waals surface area contributed by atoms with Crippen LogP contribution in [0.3, 0.4) is 0 Å². The lowest BCUT2D eigenvalue weighted by Crippen LogP contribution is -2.10. The molecule has 0 bridgehead atoms. The minimum absolute atomic E-state index is 0. The molecule has 0 saturated heterocycles. The van der Waals surface area contributed by atoms with Crippen LogP contribution in [0, 0.1) is 5.92 Å². The highest BCUT2D eigenvalue weighted by atomic mass is 16.5. The molecule has 3 N–H and O–H groups in total. The molecule has 0 atom stereocenters. The number of hydrogen-bond donors (Lipinski definition) is 1. The lowest BCUT2D eigenvalue weighted by molar-refractivity contribution is 0.239. The summed E-state index contributed by atoms with van der Waals surface area (Å²) in [6.07, 6.45) is 2.34. The van der Waals surface area contributed by atoms with Crippen LogP contribution >= 0.6 is 0 Å². The Morgan fingerprint density at radius 1 is 1.00 bits per heavy atom. The van der Waals surface area contributed by atoms with E-state index in [1.165, 1.54) is 12.8 Å². The molecule has 0 aliphatic rings.